The van der Waals surface area contributed by atoms with Crippen LogP contribution in [0.25, 0.3) is 11.2 Å². The SMILES string of the molecule is Cn1c(=O)c2c(nc(OCCCN3CCN(c4ccccc4)CC3)n2C)n(C)c1=O.O=C(O)/C=C\C(=O)O. The van der Waals surface area contributed by atoms with Crippen molar-refractivity contribution in [2.45, 2.75) is 6.42 Å². The van der Waals surface area contributed by atoms with Gasteiger partial charge in [0, 0.05) is 71.7 Å². The standard InChI is InChI=1S/C21H28N6O3.C4H4O4/c1-23-17-18(24(2)21(29)25(3)19(17)28)22-20(23)30-15-7-10-26-11-13-27(14-12-26)16-8-5-4-6-9-16;5-3(6)1-2-4(7)8/h4-6,8-9H,7,10-15H2,1-3H3;1-2H,(H,5,6)(H,7,8)/b;2-1-. The van der Waals surface area contributed by atoms with Crippen molar-refractivity contribution in [2.24, 2.45) is 21.1 Å². The van der Waals surface area contributed by atoms with Crippen LogP contribution < -0.4 is 20.9 Å². The van der Waals surface area contributed by atoms with Crippen LogP contribution in [0.5, 0.6) is 6.01 Å². The number of carboxylic acids is 2. The maximum atomic E-state index is 12.4. The van der Waals surface area contributed by atoms with Crippen molar-refractivity contribution < 1.29 is 24.5 Å². The molecule has 0 saturated carbocycles. The van der Waals surface area contributed by atoms with Crippen LogP contribution >= 0.6 is 0 Å². The van der Waals surface area contributed by atoms with Gasteiger partial charge in [-0.3, -0.25) is 23.4 Å². The van der Waals surface area contributed by atoms with Crippen molar-refractivity contribution in [3.8, 4) is 6.01 Å². The number of aromatic nitrogens is 4. The highest BCUT2D eigenvalue weighted by Crippen LogP contribution is 2.17. The Morgan fingerprint density at radius 1 is 0.921 bits per heavy atom. The van der Waals surface area contributed by atoms with Crippen LogP contribution in [0.3, 0.4) is 0 Å². The zero-order chi connectivity index (χ0) is 27.8. The molecule has 0 radical (unpaired) electrons. The summed E-state index contributed by atoms with van der Waals surface area (Å²) in [6, 6.07) is 10.9. The van der Waals surface area contributed by atoms with Crippen LogP contribution in [-0.2, 0) is 30.7 Å². The van der Waals surface area contributed by atoms with Crippen LogP contribution in [0.1, 0.15) is 6.42 Å². The van der Waals surface area contributed by atoms with Crippen molar-refractivity contribution >= 4 is 28.8 Å². The molecule has 3 aromatic rings. The number of hydrogen-bond acceptors (Lipinski definition) is 8. The van der Waals surface area contributed by atoms with Crippen LogP contribution in [-0.4, -0.2) is 85.1 Å². The number of piperazine rings is 1. The molecule has 1 aliphatic heterocycles. The second kappa shape index (κ2) is 12.7. The van der Waals surface area contributed by atoms with E-state index in [4.69, 9.17) is 14.9 Å². The first-order chi connectivity index (χ1) is 18.1. The van der Waals surface area contributed by atoms with Gasteiger partial charge in [0.05, 0.1) is 6.61 Å². The first kappa shape index (κ1) is 28.2. The van der Waals surface area contributed by atoms with Crippen molar-refractivity contribution in [3.63, 3.8) is 0 Å². The molecule has 0 atom stereocenters. The topological polar surface area (TPSA) is 152 Å². The quantitative estimate of drug-likeness (QED) is 0.308. The Hall–Kier alpha value is -4.39. The number of benzene rings is 1. The second-order valence-corrected chi connectivity index (χ2v) is 8.71. The van der Waals surface area contributed by atoms with Crippen molar-refractivity contribution in [1.29, 1.82) is 0 Å². The molecule has 204 valence electrons. The van der Waals surface area contributed by atoms with E-state index in [-0.39, 0.29) is 5.56 Å². The fourth-order valence-electron chi connectivity index (χ4n) is 4.09. The van der Waals surface area contributed by atoms with Gasteiger partial charge in [0.15, 0.2) is 11.2 Å². The molecule has 4 rings (SSSR count). The predicted molar refractivity (Wildman–Crippen MR) is 141 cm³/mol. The number of ether oxygens (including phenoxy) is 1. The van der Waals surface area contributed by atoms with Crippen LogP contribution in [0.4, 0.5) is 5.69 Å². The second-order valence-electron chi connectivity index (χ2n) is 8.71. The number of fused-ring (bicyclic) bond motifs is 1. The van der Waals surface area contributed by atoms with Crippen molar-refractivity contribution in [1.82, 2.24) is 23.6 Å². The summed E-state index contributed by atoms with van der Waals surface area (Å²) < 4.78 is 9.92. The minimum atomic E-state index is -1.26. The summed E-state index contributed by atoms with van der Waals surface area (Å²) in [4.78, 5) is 52.9. The lowest BCUT2D eigenvalue weighted by atomic mass is 10.2. The van der Waals surface area contributed by atoms with Gasteiger partial charge in [-0.15, -0.1) is 0 Å². The number of imidazole rings is 1. The van der Waals surface area contributed by atoms with Gasteiger partial charge in [-0.2, -0.15) is 4.98 Å². The third-order valence-corrected chi connectivity index (χ3v) is 6.15. The molecule has 0 aliphatic carbocycles. The van der Waals surface area contributed by atoms with E-state index < -0.39 is 17.6 Å². The zero-order valence-electron chi connectivity index (χ0n) is 21.6. The van der Waals surface area contributed by atoms with Crippen LogP contribution in [0.2, 0.25) is 0 Å². The summed E-state index contributed by atoms with van der Waals surface area (Å²) in [6.45, 7) is 5.55. The lowest BCUT2D eigenvalue weighted by Gasteiger charge is -2.36. The monoisotopic (exact) mass is 528 g/mol. The smallest absolute Gasteiger partial charge is 0.332 e. The van der Waals surface area contributed by atoms with E-state index in [1.165, 1.54) is 17.3 Å². The normalized spacial score (nSPS) is 13.9. The number of para-hydroxylation sites is 1. The van der Waals surface area contributed by atoms with E-state index in [0.717, 1.165) is 43.7 Å². The van der Waals surface area contributed by atoms with Gasteiger partial charge in [0.1, 0.15) is 0 Å². The Balaban J connectivity index is 0.000000436. The molecule has 0 spiro atoms. The minimum absolute atomic E-state index is 0.345. The van der Waals surface area contributed by atoms with Gasteiger partial charge >= 0.3 is 17.6 Å². The molecular formula is C25H32N6O7. The molecule has 3 heterocycles. The zero-order valence-corrected chi connectivity index (χ0v) is 21.6. The summed E-state index contributed by atoms with van der Waals surface area (Å²) in [5.41, 5.74) is 1.23. The number of aryl methyl sites for hydroxylation is 2. The van der Waals surface area contributed by atoms with E-state index in [1.54, 1.807) is 18.7 Å². The first-order valence-corrected chi connectivity index (χ1v) is 12.0. The van der Waals surface area contributed by atoms with E-state index in [0.29, 0.717) is 35.9 Å². The molecule has 0 unspecified atom stereocenters. The summed E-state index contributed by atoms with van der Waals surface area (Å²) >= 11 is 0. The number of rotatable bonds is 8. The first-order valence-electron chi connectivity index (χ1n) is 12.0. The number of carbonyl (C=O) groups is 2. The van der Waals surface area contributed by atoms with Crippen LogP contribution in [0, 0.1) is 0 Å². The predicted octanol–water partition coefficient (Wildman–Crippen LogP) is 0.274. The lowest BCUT2D eigenvalue weighted by Crippen LogP contribution is -2.46. The third-order valence-electron chi connectivity index (χ3n) is 6.15. The molecule has 0 bridgehead atoms. The number of carboxylic acid groups (broad SMARTS) is 2. The fourth-order valence-corrected chi connectivity index (χ4v) is 4.09. The molecule has 2 aromatic heterocycles. The Morgan fingerprint density at radius 2 is 1.53 bits per heavy atom. The average Bonchev–Trinajstić information content (AvgIpc) is 3.24. The summed E-state index contributed by atoms with van der Waals surface area (Å²) in [6.07, 6.45) is 1.98. The molecule has 1 aliphatic rings. The Labute approximate surface area is 218 Å². The van der Waals surface area contributed by atoms with Gasteiger partial charge in [-0.1, -0.05) is 18.2 Å². The molecule has 0 amide bonds. The van der Waals surface area contributed by atoms with E-state index in [1.807, 2.05) is 6.07 Å². The van der Waals surface area contributed by atoms with Gasteiger partial charge in [0.2, 0.25) is 0 Å². The Bertz CT molecular complexity index is 1400. The molecule has 1 saturated heterocycles. The largest absolute Gasteiger partial charge is 0.478 e. The highest BCUT2D eigenvalue weighted by Gasteiger charge is 2.19. The highest BCUT2D eigenvalue weighted by atomic mass is 16.5. The van der Waals surface area contributed by atoms with Crippen molar-refractivity contribution in [3.05, 3.63) is 63.3 Å². The van der Waals surface area contributed by atoms with E-state index in [9.17, 15) is 19.2 Å². The fraction of sp³-hybridized carbons (Fsp3) is 0.400. The lowest BCUT2D eigenvalue weighted by molar-refractivity contribution is -0.134. The van der Waals surface area contributed by atoms with Gasteiger partial charge in [-0.05, 0) is 18.6 Å². The minimum Gasteiger partial charge on any atom is -0.478 e. The third kappa shape index (κ3) is 6.88. The molecule has 1 aromatic carbocycles. The summed E-state index contributed by atoms with van der Waals surface area (Å²) in [5.74, 6) is -2.51. The number of anilines is 1. The molecule has 2 N–H and O–H groups in total. The molecule has 38 heavy (non-hydrogen) atoms. The van der Waals surface area contributed by atoms with E-state index >= 15 is 0 Å². The Morgan fingerprint density at radius 3 is 2.11 bits per heavy atom. The van der Waals surface area contributed by atoms with Gasteiger partial charge in [0.25, 0.3) is 11.6 Å². The van der Waals surface area contributed by atoms with Crippen molar-refractivity contribution in [2.75, 3.05) is 44.2 Å². The molecule has 13 nitrogen and oxygen atoms in total. The number of aliphatic carboxylic acids is 2. The maximum absolute atomic E-state index is 12.4. The number of nitrogens with zero attached hydrogens (tertiary/aromatic N) is 6. The number of hydrogen-bond donors (Lipinski definition) is 2. The van der Waals surface area contributed by atoms with Gasteiger partial charge < -0.3 is 19.8 Å². The summed E-state index contributed by atoms with van der Waals surface area (Å²) in [5, 5.41) is 15.6. The molecule has 13 heteroatoms. The maximum Gasteiger partial charge on any atom is 0.332 e. The Kier molecular flexibility index (Phi) is 9.44. The average molecular weight is 529 g/mol. The van der Waals surface area contributed by atoms with E-state index in [2.05, 4.69) is 39.0 Å². The van der Waals surface area contributed by atoms with Crippen LogP contribution in [0.15, 0.2) is 52.1 Å². The molecule has 1 fully saturated rings. The van der Waals surface area contributed by atoms with Gasteiger partial charge in [-0.25, -0.2) is 14.4 Å². The molecular weight excluding hydrogens is 496 g/mol. The highest BCUT2D eigenvalue weighted by molar-refractivity contribution is 5.89. The summed E-state index contributed by atoms with van der Waals surface area (Å²) in [7, 11) is 4.81.